The molecule has 0 bridgehead atoms. The number of carbonyl (C=O) groups is 1. The summed E-state index contributed by atoms with van der Waals surface area (Å²) in [6.45, 7) is 0. The number of halogens is 3. The number of aldehydes is 1. The third kappa shape index (κ3) is 2.40. The van der Waals surface area contributed by atoms with Gasteiger partial charge in [-0.2, -0.15) is 5.10 Å². The molecule has 0 aliphatic rings. The average Bonchev–Trinajstić information content (AvgIpc) is 2.87. The molecular formula is C16H9ClF2N2O. The second-order valence-electron chi connectivity index (χ2n) is 4.54. The molecule has 0 atom stereocenters. The zero-order valence-electron chi connectivity index (χ0n) is 11.1. The van der Waals surface area contributed by atoms with Crippen molar-refractivity contribution >= 4 is 17.9 Å². The zero-order chi connectivity index (χ0) is 15.7. The summed E-state index contributed by atoms with van der Waals surface area (Å²) in [5, 5.41) is 4.10. The largest absolute Gasteiger partial charge is 0.298 e. The maximum Gasteiger partial charge on any atom is 0.155 e. The topological polar surface area (TPSA) is 34.9 Å². The molecule has 0 saturated carbocycles. The fourth-order valence-corrected chi connectivity index (χ4v) is 2.39. The van der Waals surface area contributed by atoms with Crippen molar-refractivity contribution in [3.8, 4) is 16.9 Å². The number of hydrogen-bond donors (Lipinski definition) is 0. The monoisotopic (exact) mass is 318 g/mol. The van der Waals surface area contributed by atoms with E-state index in [0.29, 0.717) is 17.5 Å². The van der Waals surface area contributed by atoms with E-state index in [4.69, 9.17) is 11.6 Å². The van der Waals surface area contributed by atoms with E-state index in [0.717, 1.165) is 22.9 Å². The molecule has 3 nitrogen and oxygen atoms in total. The first-order valence-corrected chi connectivity index (χ1v) is 6.74. The molecular weight excluding hydrogens is 310 g/mol. The van der Waals surface area contributed by atoms with E-state index in [1.54, 1.807) is 24.3 Å². The molecule has 0 radical (unpaired) electrons. The summed E-state index contributed by atoms with van der Waals surface area (Å²) in [6.07, 6.45) is 0.547. The minimum Gasteiger partial charge on any atom is -0.298 e. The highest BCUT2D eigenvalue weighted by Gasteiger charge is 2.20. The van der Waals surface area contributed by atoms with E-state index >= 15 is 0 Å². The Labute approximate surface area is 129 Å². The van der Waals surface area contributed by atoms with Gasteiger partial charge in [0.25, 0.3) is 0 Å². The summed E-state index contributed by atoms with van der Waals surface area (Å²) in [5.41, 5.74) is 0.929. The number of nitrogens with zero attached hydrogens (tertiary/aromatic N) is 2. The van der Waals surface area contributed by atoms with Crippen LogP contribution >= 0.6 is 11.6 Å². The first-order valence-electron chi connectivity index (χ1n) is 6.36. The zero-order valence-corrected chi connectivity index (χ0v) is 11.9. The van der Waals surface area contributed by atoms with Gasteiger partial charge < -0.3 is 0 Å². The van der Waals surface area contributed by atoms with Crippen LogP contribution < -0.4 is 0 Å². The second kappa shape index (κ2) is 5.69. The summed E-state index contributed by atoms with van der Waals surface area (Å²) in [4.78, 5) is 11.3. The first-order chi connectivity index (χ1) is 10.6. The summed E-state index contributed by atoms with van der Waals surface area (Å²) in [7, 11) is 0. The smallest absolute Gasteiger partial charge is 0.155 e. The van der Waals surface area contributed by atoms with Gasteiger partial charge in [0.05, 0.1) is 5.56 Å². The van der Waals surface area contributed by atoms with E-state index in [-0.39, 0.29) is 16.4 Å². The molecule has 0 aliphatic carbocycles. The normalized spacial score (nSPS) is 10.7. The van der Waals surface area contributed by atoms with E-state index in [1.165, 1.54) is 0 Å². The lowest BCUT2D eigenvalue weighted by atomic mass is 10.1. The lowest BCUT2D eigenvalue weighted by molar-refractivity contribution is 0.112. The van der Waals surface area contributed by atoms with Gasteiger partial charge in [-0.25, -0.2) is 13.5 Å². The van der Waals surface area contributed by atoms with Crippen LogP contribution in [0.4, 0.5) is 8.78 Å². The number of hydrogen-bond acceptors (Lipinski definition) is 2. The molecule has 0 spiro atoms. The number of carbonyl (C=O) groups excluding carboxylic acids is 1. The molecule has 0 fully saturated rings. The minimum absolute atomic E-state index is 0.0710. The highest BCUT2D eigenvalue weighted by Crippen LogP contribution is 2.30. The predicted octanol–water partition coefficient (Wildman–Crippen LogP) is 4.28. The van der Waals surface area contributed by atoms with E-state index in [1.807, 2.05) is 6.07 Å². The number of benzene rings is 2. The van der Waals surface area contributed by atoms with Gasteiger partial charge in [-0.1, -0.05) is 41.9 Å². The van der Waals surface area contributed by atoms with Crippen LogP contribution in [0, 0.1) is 11.6 Å². The summed E-state index contributed by atoms with van der Waals surface area (Å²) in [6, 6.07) is 11.8. The van der Waals surface area contributed by atoms with Crippen LogP contribution in [0.3, 0.4) is 0 Å². The Morgan fingerprint density at radius 2 is 1.82 bits per heavy atom. The lowest BCUT2D eigenvalue weighted by Gasteiger charge is -2.04. The molecule has 0 N–H and O–H groups in total. The lowest BCUT2D eigenvalue weighted by Crippen LogP contribution is -2.01. The first kappa shape index (κ1) is 14.4. The Kier molecular flexibility index (Phi) is 3.73. The fraction of sp³-hybridized carbons (Fsp3) is 0. The minimum atomic E-state index is -0.692. The van der Waals surface area contributed by atoms with Crippen molar-refractivity contribution in [1.29, 1.82) is 0 Å². The second-order valence-corrected chi connectivity index (χ2v) is 4.90. The van der Waals surface area contributed by atoms with Crippen LogP contribution in [0.1, 0.15) is 10.4 Å². The third-order valence-electron chi connectivity index (χ3n) is 3.16. The van der Waals surface area contributed by atoms with Gasteiger partial charge in [0.2, 0.25) is 0 Å². The molecule has 1 aromatic heterocycles. The Morgan fingerprint density at radius 1 is 1.09 bits per heavy atom. The quantitative estimate of drug-likeness (QED) is 0.675. The summed E-state index contributed by atoms with van der Waals surface area (Å²) in [5.74, 6) is -1.32. The fourth-order valence-electron chi connectivity index (χ4n) is 2.13. The Hall–Kier alpha value is -2.53. The van der Waals surface area contributed by atoms with Gasteiger partial charge in [-0.05, 0) is 12.1 Å². The molecule has 3 rings (SSSR count). The standard InChI is InChI=1S/C16H9ClF2N2O/c17-16-12(9-22)15(10-4-2-1-3-5-10)20-21(16)14-8-11(18)6-7-13(14)19/h1-9H. The molecule has 110 valence electrons. The molecule has 6 heteroatoms. The van der Waals surface area contributed by atoms with Crippen molar-refractivity contribution in [2.75, 3.05) is 0 Å². The summed E-state index contributed by atoms with van der Waals surface area (Å²) < 4.78 is 28.3. The van der Waals surface area contributed by atoms with Crippen molar-refractivity contribution < 1.29 is 13.6 Å². The van der Waals surface area contributed by atoms with E-state index in [9.17, 15) is 13.6 Å². The van der Waals surface area contributed by atoms with Crippen LogP contribution in [0.5, 0.6) is 0 Å². The van der Waals surface area contributed by atoms with Crippen molar-refractivity contribution in [2.45, 2.75) is 0 Å². The highest BCUT2D eigenvalue weighted by molar-refractivity contribution is 6.32. The van der Waals surface area contributed by atoms with Crippen LogP contribution in [-0.2, 0) is 0 Å². The number of aromatic nitrogens is 2. The number of rotatable bonds is 3. The van der Waals surface area contributed by atoms with Crippen molar-refractivity contribution in [2.24, 2.45) is 0 Å². The molecule has 0 amide bonds. The predicted molar refractivity (Wildman–Crippen MR) is 79.3 cm³/mol. The molecule has 1 heterocycles. The summed E-state index contributed by atoms with van der Waals surface area (Å²) >= 11 is 6.12. The van der Waals surface area contributed by atoms with Gasteiger partial charge in [0, 0.05) is 11.6 Å². The third-order valence-corrected chi connectivity index (χ3v) is 3.53. The molecule has 2 aromatic carbocycles. The van der Waals surface area contributed by atoms with Crippen LogP contribution in [0.2, 0.25) is 5.15 Å². The van der Waals surface area contributed by atoms with E-state index < -0.39 is 11.6 Å². The maximum atomic E-state index is 13.9. The molecule has 3 aromatic rings. The van der Waals surface area contributed by atoms with Crippen molar-refractivity contribution in [3.63, 3.8) is 0 Å². The van der Waals surface area contributed by atoms with E-state index in [2.05, 4.69) is 5.10 Å². The van der Waals surface area contributed by atoms with Gasteiger partial charge in [0.1, 0.15) is 28.2 Å². The Balaban J connectivity index is 2.25. The van der Waals surface area contributed by atoms with Gasteiger partial charge >= 0.3 is 0 Å². The Bertz CT molecular complexity index is 847. The Morgan fingerprint density at radius 3 is 2.50 bits per heavy atom. The maximum absolute atomic E-state index is 13.9. The molecule has 0 saturated heterocycles. The molecule has 0 aliphatic heterocycles. The molecule has 0 unspecified atom stereocenters. The van der Waals surface area contributed by atoms with Crippen LogP contribution in [0.15, 0.2) is 48.5 Å². The van der Waals surface area contributed by atoms with Crippen molar-refractivity contribution in [1.82, 2.24) is 9.78 Å². The van der Waals surface area contributed by atoms with Gasteiger partial charge in [-0.15, -0.1) is 0 Å². The van der Waals surface area contributed by atoms with Crippen LogP contribution in [-0.4, -0.2) is 16.1 Å². The molecule has 22 heavy (non-hydrogen) atoms. The van der Waals surface area contributed by atoms with Crippen molar-refractivity contribution in [3.05, 3.63) is 70.9 Å². The van der Waals surface area contributed by atoms with Crippen LogP contribution in [0.25, 0.3) is 16.9 Å². The SMILES string of the molecule is O=Cc1c(-c2ccccc2)nn(-c2cc(F)ccc2F)c1Cl. The highest BCUT2D eigenvalue weighted by atomic mass is 35.5. The van der Waals surface area contributed by atoms with Gasteiger partial charge in [0.15, 0.2) is 6.29 Å². The average molecular weight is 319 g/mol. The van der Waals surface area contributed by atoms with Gasteiger partial charge in [-0.3, -0.25) is 4.79 Å².